The molecule has 1 N–H and O–H groups in total. The molecule has 2 rings (SSSR count). The zero-order valence-corrected chi connectivity index (χ0v) is 12.0. The Morgan fingerprint density at radius 1 is 1.40 bits per heavy atom. The minimum absolute atomic E-state index is 0.294. The smallest absolute Gasteiger partial charge is 0.123 e. The fraction of sp³-hybridized carbons (Fsp3) is 0.357. The summed E-state index contributed by atoms with van der Waals surface area (Å²) in [6.45, 7) is 2.57. The van der Waals surface area contributed by atoms with Gasteiger partial charge in [-0.3, -0.25) is 4.68 Å². The van der Waals surface area contributed by atoms with Crippen LogP contribution in [0.5, 0.6) is 0 Å². The Balaban J connectivity index is 1.93. The highest BCUT2D eigenvalue weighted by Gasteiger charge is 2.05. The van der Waals surface area contributed by atoms with Crippen LogP contribution >= 0.6 is 11.6 Å². The standard InChI is InChI=1S/C14H17ClFN3O/c1-20-7-5-17-9-13-4-6-19(18-13)10-11-8-12(16)2-3-14(11)15/h2-4,6,8,17H,5,7,9-10H2,1H3. The molecule has 0 radical (unpaired) electrons. The van der Waals surface area contributed by atoms with Crippen LogP contribution in [-0.2, 0) is 17.8 Å². The molecule has 6 heteroatoms. The SMILES string of the molecule is COCCNCc1ccn(Cc2cc(F)ccc2Cl)n1. The molecule has 1 heterocycles. The average Bonchev–Trinajstić information content (AvgIpc) is 2.87. The van der Waals surface area contributed by atoms with E-state index in [0.717, 1.165) is 12.2 Å². The van der Waals surface area contributed by atoms with E-state index in [4.69, 9.17) is 16.3 Å². The number of methoxy groups -OCH3 is 1. The van der Waals surface area contributed by atoms with Gasteiger partial charge in [0.2, 0.25) is 0 Å². The molecule has 1 aromatic carbocycles. The summed E-state index contributed by atoms with van der Waals surface area (Å²) in [4.78, 5) is 0. The molecule has 0 atom stereocenters. The number of aromatic nitrogens is 2. The van der Waals surface area contributed by atoms with E-state index in [1.807, 2.05) is 12.3 Å². The predicted octanol–water partition coefficient (Wildman–Crippen LogP) is 2.46. The minimum Gasteiger partial charge on any atom is -0.383 e. The lowest BCUT2D eigenvalue weighted by Crippen LogP contribution is -2.19. The first-order chi connectivity index (χ1) is 9.69. The van der Waals surface area contributed by atoms with Crippen molar-refractivity contribution in [2.45, 2.75) is 13.1 Å². The third kappa shape index (κ3) is 4.30. The average molecular weight is 298 g/mol. The number of hydrogen-bond acceptors (Lipinski definition) is 3. The van der Waals surface area contributed by atoms with E-state index in [-0.39, 0.29) is 5.82 Å². The summed E-state index contributed by atoms with van der Waals surface area (Å²) in [6, 6.07) is 6.26. The van der Waals surface area contributed by atoms with Crippen molar-refractivity contribution in [1.82, 2.24) is 15.1 Å². The van der Waals surface area contributed by atoms with Crippen LogP contribution in [0.3, 0.4) is 0 Å². The molecule has 20 heavy (non-hydrogen) atoms. The molecule has 0 amide bonds. The summed E-state index contributed by atoms with van der Waals surface area (Å²) in [6.07, 6.45) is 1.86. The van der Waals surface area contributed by atoms with Gasteiger partial charge >= 0.3 is 0 Å². The monoisotopic (exact) mass is 297 g/mol. The highest BCUT2D eigenvalue weighted by atomic mass is 35.5. The van der Waals surface area contributed by atoms with Crippen LogP contribution in [0.4, 0.5) is 4.39 Å². The Morgan fingerprint density at radius 2 is 2.25 bits per heavy atom. The Labute approximate surface area is 122 Å². The van der Waals surface area contributed by atoms with Crippen molar-refractivity contribution in [3.05, 3.63) is 52.6 Å². The Kier molecular flexibility index (Phi) is 5.52. The van der Waals surface area contributed by atoms with Gasteiger partial charge in [0.15, 0.2) is 0 Å². The van der Waals surface area contributed by atoms with E-state index in [1.165, 1.54) is 12.1 Å². The lowest BCUT2D eigenvalue weighted by molar-refractivity contribution is 0.199. The molecule has 0 unspecified atom stereocenters. The van der Waals surface area contributed by atoms with E-state index >= 15 is 0 Å². The molecule has 0 fully saturated rings. The maximum Gasteiger partial charge on any atom is 0.123 e. The van der Waals surface area contributed by atoms with Gasteiger partial charge in [0, 0.05) is 31.4 Å². The van der Waals surface area contributed by atoms with Crippen LogP contribution in [0.25, 0.3) is 0 Å². The molecule has 2 aromatic rings. The van der Waals surface area contributed by atoms with E-state index in [1.54, 1.807) is 17.9 Å². The van der Waals surface area contributed by atoms with E-state index in [0.29, 0.717) is 30.3 Å². The van der Waals surface area contributed by atoms with Crippen LogP contribution in [0.15, 0.2) is 30.5 Å². The van der Waals surface area contributed by atoms with Gasteiger partial charge in [-0.05, 0) is 29.8 Å². The fourth-order valence-electron chi connectivity index (χ4n) is 1.82. The molecular weight excluding hydrogens is 281 g/mol. The summed E-state index contributed by atoms with van der Waals surface area (Å²) in [5.41, 5.74) is 1.64. The van der Waals surface area contributed by atoms with Crippen LogP contribution < -0.4 is 5.32 Å². The lowest BCUT2D eigenvalue weighted by atomic mass is 10.2. The van der Waals surface area contributed by atoms with Gasteiger partial charge in [-0.25, -0.2) is 4.39 Å². The molecule has 0 aliphatic heterocycles. The highest BCUT2D eigenvalue weighted by molar-refractivity contribution is 6.31. The highest BCUT2D eigenvalue weighted by Crippen LogP contribution is 2.18. The largest absolute Gasteiger partial charge is 0.383 e. The molecule has 0 spiro atoms. The second-order valence-corrected chi connectivity index (χ2v) is 4.82. The Bertz CT molecular complexity index is 559. The Hall–Kier alpha value is -1.43. The summed E-state index contributed by atoms with van der Waals surface area (Å²) in [5.74, 6) is -0.294. The van der Waals surface area contributed by atoms with E-state index in [9.17, 15) is 4.39 Å². The van der Waals surface area contributed by atoms with Gasteiger partial charge in [0.05, 0.1) is 18.8 Å². The summed E-state index contributed by atoms with van der Waals surface area (Å²) in [5, 5.41) is 8.16. The van der Waals surface area contributed by atoms with Gasteiger partial charge in [0.1, 0.15) is 5.82 Å². The van der Waals surface area contributed by atoms with Crippen molar-refractivity contribution in [2.75, 3.05) is 20.3 Å². The number of rotatable bonds is 7. The van der Waals surface area contributed by atoms with Crippen molar-refractivity contribution in [3.63, 3.8) is 0 Å². The molecule has 0 aliphatic carbocycles. The third-order valence-electron chi connectivity index (χ3n) is 2.83. The van der Waals surface area contributed by atoms with Crippen LogP contribution in [0, 0.1) is 5.82 Å². The molecule has 0 saturated carbocycles. The Morgan fingerprint density at radius 3 is 3.05 bits per heavy atom. The molecule has 0 saturated heterocycles. The number of ether oxygens (including phenoxy) is 1. The van der Waals surface area contributed by atoms with E-state index < -0.39 is 0 Å². The summed E-state index contributed by atoms with van der Waals surface area (Å²) >= 11 is 6.04. The number of halogens is 2. The molecule has 1 aromatic heterocycles. The van der Waals surface area contributed by atoms with Crippen molar-refractivity contribution in [2.24, 2.45) is 0 Å². The van der Waals surface area contributed by atoms with Gasteiger partial charge in [0.25, 0.3) is 0 Å². The van der Waals surface area contributed by atoms with Crippen molar-refractivity contribution in [1.29, 1.82) is 0 Å². The maximum absolute atomic E-state index is 13.2. The van der Waals surface area contributed by atoms with Crippen molar-refractivity contribution >= 4 is 11.6 Å². The second-order valence-electron chi connectivity index (χ2n) is 4.41. The van der Waals surface area contributed by atoms with Crippen molar-refractivity contribution < 1.29 is 9.13 Å². The normalized spacial score (nSPS) is 10.9. The number of nitrogens with one attached hydrogen (secondary N) is 1. The topological polar surface area (TPSA) is 39.1 Å². The number of benzene rings is 1. The third-order valence-corrected chi connectivity index (χ3v) is 3.19. The number of nitrogens with zero attached hydrogens (tertiary/aromatic N) is 2. The molecular formula is C14H17ClFN3O. The van der Waals surface area contributed by atoms with Crippen LogP contribution in [-0.4, -0.2) is 30.0 Å². The van der Waals surface area contributed by atoms with E-state index in [2.05, 4.69) is 10.4 Å². The summed E-state index contributed by atoms with van der Waals surface area (Å²) < 4.78 is 19.9. The lowest BCUT2D eigenvalue weighted by Gasteiger charge is -2.05. The molecule has 0 aliphatic rings. The first kappa shape index (κ1) is 15.0. The van der Waals surface area contributed by atoms with Gasteiger partial charge in [-0.15, -0.1) is 0 Å². The zero-order chi connectivity index (χ0) is 14.4. The van der Waals surface area contributed by atoms with Crippen LogP contribution in [0.2, 0.25) is 5.02 Å². The predicted molar refractivity (Wildman–Crippen MR) is 76.3 cm³/mol. The molecule has 4 nitrogen and oxygen atoms in total. The summed E-state index contributed by atoms with van der Waals surface area (Å²) in [7, 11) is 1.67. The molecule has 108 valence electrons. The van der Waals surface area contributed by atoms with Gasteiger partial charge in [-0.2, -0.15) is 5.10 Å². The first-order valence-electron chi connectivity index (χ1n) is 6.35. The zero-order valence-electron chi connectivity index (χ0n) is 11.3. The maximum atomic E-state index is 13.2. The van der Waals surface area contributed by atoms with Crippen LogP contribution in [0.1, 0.15) is 11.3 Å². The first-order valence-corrected chi connectivity index (χ1v) is 6.73. The minimum atomic E-state index is -0.294. The van der Waals surface area contributed by atoms with Crippen molar-refractivity contribution in [3.8, 4) is 0 Å². The fourth-order valence-corrected chi connectivity index (χ4v) is 1.99. The van der Waals surface area contributed by atoms with Gasteiger partial charge in [-0.1, -0.05) is 11.6 Å². The quantitative estimate of drug-likeness (QED) is 0.798. The number of hydrogen-bond donors (Lipinski definition) is 1. The van der Waals surface area contributed by atoms with Gasteiger partial charge < -0.3 is 10.1 Å². The molecule has 0 bridgehead atoms. The second kappa shape index (κ2) is 7.38.